The van der Waals surface area contributed by atoms with Gasteiger partial charge in [0.25, 0.3) is 5.91 Å². The van der Waals surface area contributed by atoms with E-state index in [0.717, 1.165) is 0 Å². The van der Waals surface area contributed by atoms with Crippen LogP contribution in [0, 0.1) is 0 Å². The molecule has 0 aliphatic rings. The number of hydrogen-bond donors (Lipinski definition) is 1. The van der Waals surface area contributed by atoms with Gasteiger partial charge in [-0.15, -0.1) is 0 Å². The Morgan fingerprint density at radius 1 is 1.11 bits per heavy atom. The van der Waals surface area contributed by atoms with Crippen molar-refractivity contribution in [1.82, 2.24) is 14.5 Å². The number of nitrogens with one attached hydrogen (secondary N) is 1. The summed E-state index contributed by atoms with van der Waals surface area (Å²) in [5.74, 6) is -1.77. The summed E-state index contributed by atoms with van der Waals surface area (Å²) in [4.78, 5) is 36.4. The van der Waals surface area contributed by atoms with Crippen molar-refractivity contribution in [2.45, 2.75) is 18.7 Å². The number of likely N-dealkylation sites (N-methyl/N-ethyl adjacent to an activating group) is 1. The summed E-state index contributed by atoms with van der Waals surface area (Å²) in [5.41, 5.74) is 0.0143. The first-order valence-corrected chi connectivity index (χ1v) is 9.81. The molecule has 0 saturated heterocycles. The van der Waals surface area contributed by atoms with E-state index in [0.29, 0.717) is 13.1 Å². The molecule has 0 aromatic heterocycles. The zero-order valence-corrected chi connectivity index (χ0v) is 16.7. The van der Waals surface area contributed by atoms with Gasteiger partial charge in [0.1, 0.15) is 0 Å². The van der Waals surface area contributed by atoms with Gasteiger partial charge in [-0.2, -0.15) is 4.31 Å². The summed E-state index contributed by atoms with van der Waals surface area (Å²) in [6, 6.07) is 5.44. The molecule has 0 radical (unpaired) electrons. The molecule has 0 spiro atoms. The summed E-state index contributed by atoms with van der Waals surface area (Å²) in [6.45, 7) is 3.27. The van der Waals surface area contributed by atoms with E-state index in [1.807, 2.05) is 0 Å². The third-order valence-corrected chi connectivity index (χ3v) is 5.73. The van der Waals surface area contributed by atoms with Gasteiger partial charge in [0.15, 0.2) is 6.61 Å². The molecule has 0 aliphatic heterocycles. The fraction of sp³-hybridized carbons (Fsp3) is 0.471. The lowest BCUT2D eigenvalue weighted by molar-refractivity contribution is -0.131. The molecule has 10 heteroatoms. The summed E-state index contributed by atoms with van der Waals surface area (Å²) < 4.78 is 31.2. The first-order valence-electron chi connectivity index (χ1n) is 8.37. The topological polar surface area (TPSA) is 113 Å². The molecule has 0 heterocycles. The van der Waals surface area contributed by atoms with E-state index < -0.39 is 28.5 Å². The van der Waals surface area contributed by atoms with Crippen LogP contribution in [0.5, 0.6) is 0 Å². The van der Waals surface area contributed by atoms with E-state index in [1.165, 1.54) is 33.5 Å². The standard InChI is InChI=1S/C17H25N3O6S/c1-5-20(6-2)27(24,25)14-9-7-8-13(10-14)17(23)26-12-15(21)18-11-16(22)19(3)4/h7-10H,5-6,11-12H2,1-4H3,(H,18,21). The highest BCUT2D eigenvalue weighted by Crippen LogP contribution is 2.17. The van der Waals surface area contributed by atoms with E-state index in [4.69, 9.17) is 4.74 Å². The van der Waals surface area contributed by atoms with Crippen molar-refractivity contribution in [3.05, 3.63) is 29.8 Å². The molecule has 1 rings (SSSR count). The smallest absolute Gasteiger partial charge is 0.338 e. The first kappa shape index (κ1) is 22.6. The monoisotopic (exact) mass is 399 g/mol. The molecule has 27 heavy (non-hydrogen) atoms. The van der Waals surface area contributed by atoms with E-state index in [1.54, 1.807) is 27.9 Å². The second-order valence-corrected chi connectivity index (χ2v) is 7.70. The quantitative estimate of drug-likeness (QED) is 0.589. The van der Waals surface area contributed by atoms with Crippen LogP contribution in [-0.4, -0.2) is 75.7 Å². The van der Waals surface area contributed by atoms with Crippen LogP contribution in [0.3, 0.4) is 0 Å². The SMILES string of the molecule is CCN(CC)S(=O)(=O)c1cccc(C(=O)OCC(=O)NCC(=O)N(C)C)c1. The van der Waals surface area contributed by atoms with Gasteiger partial charge in [0.2, 0.25) is 15.9 Å². The number of sulfonamides is 1. The van der Waals surface area contributed by atoms with Gasteiger partial charge < -0.3 is 15.0 Å². The number of esters is 1. The maximum atomic E-state index is 12.5. The van der Waals surface area contributed by atoms with Gasteiger partial charge >= 0.3 is 5.97 Å². The number of benzene rings is 1. The molecule has 9 nitrogen and oxygen atoms in total. The highest BCUT2D eigenvalue weighted by atomic mass is 32.2. The molecule has 0 unspecified atom stereocenters. The average Bonchev–Trinajstić information content (AvgIpc) is 2.64. The van der Waals surface area contributed by atoms with Gasteiger partial charge in [0, 0.05) is 27.2 Å². The second-order valence-electron chi connectivity index (χ2n) is 5.76. The van der Waals surface area contributed by atoms with Crippen molar-refractivity contribution < 1.29 is 27.5 Å². The number of carbonyl (C=O) groups is 3. The van der Waals surface area contributed by atoms with Crippen molar-refractivity contribution in [1.29, 1.82) is 0 Å². The summed E-state index contributed by atoms with van der Waals surface area (Å²) in [5, 5.41) is 2.33. The molecular formula is C17H25N3O6S. The van der Waals surface area contributed by atoms with Crippen LogP contribution in [0.25, 0.3) is 0 Å². The van der Waals surface area contributed by atoms with Crippen molar-refractivity contribution in [3.63, 3.8) is 0 Å². The number of nitrogens with zero attached hydrogens (tertiary/aromatic N) is 2. The van der Waals surface area contributed by atoms with Crippen LogP contribution in [0.15, 0.2) is 29.2 Å². The lowest BCUT2D eigenvalue weighted by Gasteiger charge is -2.18. The minimum absolute atomic E-state index is 0.0143. The highest BCUT2D eigenvalue weighted by Gasteiger charge is 2.23. The Hall–Kier alpha value is -2.46. The predicted octanol–water partition coefficient (Wildman–Crippen LogP) is 0.0783. The molecule has 0 saturated carbocycles. The molecular weight excluding hydrogens is 374 g/mol. The van der Waals surface area contributed by atoms with Crippen LogP contribution >= 0.6 is 0 Å². The van der Waals surface area contributed by atoms with Gasteiger partial charge in [0.05, 0.1) is 17.0 Å². The van der Waals surface area contributed by atoms with Crippen LogP contribution in [-0.2, 0) is 24.3 Å². The molecule has 0 bridgehead atoms. The molecule has 2 amide bonds. The van der Waals surface area contributed by atoms with E-state index in [9.17, 15) is 22.8 Å². The first-order chi connectivity index (χ1) is 12.6. The lowest BCUT2D eigenvalue weighted by atomic mass is 10.2. The lowest BCUT2D eigenvalue weighted by Crippen LogP contribution is -2.38. The van der Waals surface area contributed by atoms with Gasteiger partial charge in [-0.3, -0.25) is 9.59 Å². The second kappa shape index (κ2) is 10.0. The predicted molar refractivity (Wildman–Crippen MR) is 98.5 cm³/mol. The average molecular weight is 399 g/mol. The highest BCUT2D eigenvalue weighted by molar-refractivity contribution is 7.89. The minimum Gasteiger partial charge on any atom is -0.452 e. The summed E-state index contributed by atoms with van der Waals surface area (Å²) in [7, 11) is -0.612. The fourth-order valence-corrected chi connectivity index (χ4v) is 3.60. The molecule has 0 fully saturated rings. The molecule has 150 valence electrons. The summed E-state index contributed by atoms with van der Waals surface area (Å²) in [6.07, 6.45) is 0. The Kier molecular flexibility index (Phi) is 8.38. The van der Waals surface area contributed by atoms with Crippen molar-refractivity contribution >= 4 is 27.8 Å². The maximum absolute atomic E-state index is 12.5. The van der Waals surface area contributed by atoms with Crippen LogP contribution < -0.4 is 5.32 Å². The third-order valence-electron chi connectivity index (χ3n) is 3.68. The number of rotatable bonds is 9. The maximum Gasteiger partial charge on any atom is 0.338 e. The van der Waals surface area contributed by atoms with Gasteiger partial charge in [-0.05, 0) is 18.2 Å². The van der Waals surface area contributed by atoms with E-state index in [-0.39, 0.29) is 22.9 Å². The molecule has 0 aliphatic carbocycles. The number of carbonyl (C=O) groups excluding carboxylic acids is 3. The van der Waals surface area contributed by atoms with Crippen LogP contribution in [0.2, 0.25) is 0 Å². The van der Waals surface area contributed by atoms with Crippen molar-refractivity contribution in [2.75, 3.05) is 40.3 Å². The largest absolute Gasteiger partial charge is 0.452 e. The van der Waals surface area contributed by atoms with Crippen LogP contribution in [0.4, 0.5) is 0 Å². The van der Waals surface area contributed by atoms with Crippen LogP contribution in [0.1, 0.15) is 24.2 Å². The Bertz CT molecular complexity index is 788. The fourth-order valence-electron chi connectivity index (χ4n) is 2.09. The Labute approximate surface area is 159 Å². The van der Waals surface area contributed by atoms with Gasteiger partial charge in [-0.25, -0.2) is 13.2 Å². The van der Waals surface area contributed by atoms with E-state index in [2.05, 4.69) is 5.32 Å². The minimum atomic E-state index is -3.71. The number of amides is 2. The zero-order valence-electron chi connectivity index (χ0n) is 15.9. The van der Waals surface area contributed by atoms with Gasteiger partial charge in [-0.1, -0.05) is 19.9 Å². The third kappa shape index (κ3) is 6.33. The van der Waals surface area contributed by atoms with Crippen molar-refractivity contribution in [2.24, 2.45) is 0 Å². The molecule has 1 aromatic rings. The molecule has 1 aromatic carbocycles. The Morgan fingerprint density at radius 2 is 1.74 bits per heavy atom. The van der Waals surface area contributed by atoms with E-state index >= 15 is 0 Å². The van der Waals surface area contributed by atoms with Crippen molar-refractivity contribution in [3.8, 4) is 0 Å². The zero-order chi connectivity index (χ0) is 20.6. The summed E-state index contributed by atoms with van der Waals surface area (Å²) >= 11 is 0. The normalized spacial score (nSPS) is 11.1. The number of ether oxygens (including phenoxy) is 1. The molecule has 0 atom stereocenters. The number of hydrogen-bond acceptors (Lipinski definition) is 6. The Morgan fingerprint density at radius 3 is 2.30 bits per heavy atom. The Balaban J connectivity index is 2.74. The molecule has 1 N–H and O–H groups in total.